The Bertz CT molecular complexity index is 948. The van der Waals surface area contributed by atoms with E-state index in [0.717, 1.165) is 29.9 Å². The van der Waals surface area contributed by atoms with Crippen LogP contribution in [-0.2, 0) is 4.79 Å². The molecule has 0 saturated carbocycles. The quantitative estimate of drug-likeness (QED) is 0.750. The van der Waals surface area contributed by atoms with Crippen LogP contribution in [0.25, 0.3) is 11.4 Å². The molecule has 3 aromatic rings. The highest BCUT2D eigenvalue weighted by atomic mass is 16.5. The minimum atomic E-state index is -0.0121. The van der Waals surface area contributed by atoms with Crippen LogP contribution < -0.4 is 5.32 Å². The molecule has 2 aromatic heterocycles. The van der Waals surface area contributed by atoms with Gasteiger partial charge >= 0.3 is 0 Å². The van der Waals surface area contributed by atoms with Crippen LogP contribution in [0.4, 0.5) is 5.69 Å². The molecule has 0 radical (unpaired) electrons. The topological polar surface area (TPSA) is 84.2 Å². The standard InChI is InChI=1S/C20H21N5O2/c1-13-5-6-17(14(2)8-13)22-18(26)12-25-10-16(11-25)20-23-19(24-27-20)15-4-3-7-21-9-15/h3-9,16H,10-12H2,1-2H3,(H,22,26). The van der Waals surface area contributed by atoms with Gasteiger partial charge in [-0.1, -0.05) is 22.9 Å². The number of aryl methyl sites for hydroxylation is 2. The van der Waals surface area contributed by atoms with E-state index in [0.29, 0.717) is 18.3 Å². The first-order valence-corrected chi connectivity index (χ1v) is 8.92. The molecule has 0 bridgehead atoms. The number of amides is 1. The van der Waals surface area contributed by atoms with Crippen molar-refractivity contribution < 1.29 is 9.32 Å². The number of benzene rings is 1. The predicted molar refractivity (Wildman–Crippen MR) is 101 cm³/mol. The summed E-state index contributed by atoms with van der Waals surface area (Å²) in [5.74, 6) is 1.31. The highest BCUT2D eigenvalue weighted by Gasteiger charge is 2.33. The summed E-state index contributed by atoms with van der Waals surface area (Å²) in [5.41, 5.74) is 3.94. The molecule has 1 fully saturated rings. The van der Waals surface area contributed by atoms with Crippen molar-refractivity contribution in [2.75, 3.05) is 25.0 Å². The maximum atomic E-state index is 12.3. The van der Waals surface area contributed by atoms with Crippen molar-refractivity contribution in [1.82, 2.24) is 20.0 Å². The molecular formula is C20H21N5O2. The fourth-order valence-electron chi connectivity index (χ4n) is 3.22. The van der Waals surface area contributed by atoms with Crippen molar-refractivity contribution in [3.8, 4) is 11.4 Å². The second-order valence-corrected chi connectivity index (χ2v) is 6.96. The molecule has 1 amide bonds. The molecule has 0 aliphatic carbocycles. The molecule has 7 nitrogen and oxygen atoms in total. The van der Waals surface area contributed by atoms with Crippen LogP contribution >= 0.6 is 0 Å². The SMILES string of the molecule is Cc1ccc(NC(=O)CN2CC(c3nc(-c4cccnc4)no3)C2)c(C)c1. The summed E-state index contributed by atoms with van der Waals surface area (Å²) in [6.07, 6.45) is 3.41. The number of rotatable bonds is 5. The molecule has 3 heterocycles. The summed E-state index contributed by atoms with van der Waals surface area (Å²) in [4.78, 5) is 22.9. The third-order valence-electron chi connectivity index (χ3n) is 4.69. The maximum Gasteiger partial charge on any atom is 0.238 e. The molecule has 0 unspecified atom stereocenters. The average molecular weight is 363 g/mol. The van der Waals surface area contributed by atoms with E-state index >= 15 is 0 Å². The van der Waals surface area contributed by atoms with Gasteiger partial charge in [-0.25, -0.2) is 0 Å². The summed E-state index contributed by atoms with van der Waals surface area (Å²) in [6, 6.07) is 9.74. The Morgan fingerprint density at radius 2 is 2.15 bits per heavy atom. The van der Waals surface area contributed by atoms with Gasteiger partial charge in [-0.2, -0.15) is 4.98 Å². The number of likely N-dealkylation sites (tertiary alicyclic amines) is 1. The first kappa shape index (κ1) is 17.4. The van der Waals surface area contributed by atoms with Crippen LogP contribution in [0.5, 0.6) is 0 Å². The van der Waals surface area contributed by atoms with Crippen molar-refractivity contribution >= 4 is 11.6 Å². The largest absolute Gasteiger partial charge is 0.339 e. The van der Waals surface area contributed by atoms with Crippen molar-refractivity contribution in [3.05, 3.63) is 59.7 Å². The smallest absolute Gasteiger partial charge is 0.238 e. The molecule has 138 valence electrons. The third kappa shape index (κ3) is 3.88. The van der Waals surface area contributed by atoms with Gasteiger partial charge < -0.3 is 9.84 Å². The van der Waals surface area contributed by atoms with Crippen molar-refractivity contribution in [2.45, 2.75) is 19.8 Å². The van der Waals surface area contributed by atoms with Gasteiger partial charge in [0, 0.05) is 36.7 Å². The summed E-state index contributed by atoms with van der Waals surface area (Å²) in [5, 5.41) is 7.00. The van der Waals surface area contributed by atoms with Crippen LogP contribution in [0, 0.1) is 13.8 Å². The Labute approximate surface area is 157 Å². The third-order valence-corrected chi connectivity index (χ3v) is 4.69. The number of aromatic nitrogens is 3. The van der Waals surface area contributed by atoms with Crippen LogP contribution in [-0.4, -0.2) is 45.6 Å². The van der Waals surface area contributed by atoms with E-state index in [1.165, 1.54) is 5.56 Å². The molecule has 7 heteroatoms. The van der Waals surface area contributed by atoms with Gasteiger partial charge in [0.05, 0.1) is 12.5 Å². The van der Waals surface area contributed by atoms with E-state index < -0.39 is 0 Å². The molecule has 1 aliphatic heterocycles. The molecular weight excluding hydrogens is 342 g/mol. The second-order valence-electron chi connectivity index (χ2n) is 6.96. The van der Waals surface area contributed by atoms with Crippen LogP contribution in [0.2, 0.25) is 0 Å². The van der Waals surface area contributed by atoms with E-state index in [2.05, 4.69) is 31.4 Å². The minimum Gasteiger partial charge on any atom is -0.339 e. The Morgan fingerprint density at radius 3 is 2.89 bits per heavy atom. The fourth-order valence-corrected chi connectivity index (χ4v) is 3.22. The minimum absolute atomic E-state index is 0.0121. The van der Waals surface area contributed by atoms with E-state index in [1.54, 1.807) is 12.4 Å². The summed E-state index contributed by atoms with van der Waals surface area (Å²) in [7, 11) is 0. The number of nitrogens with one attached hydrogen (secondary N) is 1. The van der Waals surface area contributed by atoms with Gasteiger partial charge in [-0.05, 0) is 37.6 Å². The van der Waals surface area contributed by atoms with Crippen LogP contribution in [0.3, 0.4) is 0 Å². The van der Waals surface area contributed by atoms with E-state index in [-0.39, 0.29) is 11.8 Å². The number of pyridine rings is 1. The van der Waals surface area contributed by atoms with Crippen LogP contribution in [0.1, 0.15) is 22.9 Å². The zero-order chi connectivity index (χ0) is 18.8. The molecule has 0 atom stereocenters. The monoisotopic (exact) mass is 363 g/mol. The molecule has 1 aliphatic rings. The molecule has 1 N–H and O–H groups in total. The predicted octanol–water partition coefficient (Wildman–Crippen LogP) is 2.79. The Kier molecular flexibility index (Phi) is 4.68. The summed E-state index contributed by atoms with van der Waals surface area (Å²) >= 11 is 0. The summed E-state index contributed by atoms with van der Waals surface area (Å²) in [6.45, 7) is 5.85. The zero-order valence-corrected chi connectivity index (χ0v) is 15.3. The van der Waals surface area contributed by atoms with Crippen molar-refractivity contribution in [1.29, 1.82) is 0 Å². The van der Waals surface area contributed by atoms with Gasteiger partial charge in [0.2, 0.25) is 17.6 Å². The molecule has 4 rings (SSSR count). The first-order valence-electron chi connectivity index (χ1n) is 8.92. The molecule has 0 spiro atoms. The highest BCUT2D eigenvalue weighted by Crippen LogP contribution is 2.27. The molecule has 27 heavy (non-hydrogen) atoms. The fraction of sp³-hybridized carbons (Fsp3) is 0.300. The van der Waals surface area contributed by atoms with Gasteiger partial charge in [-0.15, -0.1) is 0 Å². The van der Waals surface area contributed by atoms with E-state index in [4.69, 9.17) is 4.52 Å². The van der Waals surface area contributed by atoms with Gasteiger partial charge in [0.15, 0.2) is 0 Å². The lowest BCUT2D eigenvalue weighted by molar-refractivity contribution is -0.118. The lowest BCUT2D eigenvalue weighted by Crippen LogP contribution is -2.48. The Balaban J connectivity index is 1.30. The number of carbonyl (C=O) groups excluding carboxylic acids is 1. The molecule has 1 aromatic carbocycles. The number of hydrogen-bond donors (Lipinski definition) is 1. The summed E-state index contributed by atoms with van der Waals surface area (Å²) < 4.78 is 5.38. The van der Waals surface area contributed by atoms with Gasteiger partial charge in [0.1, 0.15) is 0 Å². The Morgan fingerprint density at radius 1 is 1.30 bits per heavy atom. The Hall–Kier alpha value is -3.06. The number of anilines is 1. The van der Waals surface area contributed by atoms with E-state index in [1.807, 2.05) is 38.1 Å². The number of nitrogens with zero attached hydrogens (tertiary/aromatic N) is 4. The highest BCUT2D eigenvalue weighted by molar-refractivity contribution is 5.93. The van der Waals surface area contributed by atoms with Gasteiger partial charge in [-0.3, -0.25) is 14.7 Å². The van der Waals surface area contributed by atoms with Gasteiger partial charge in [0.25, 0.3) is 0 Å². The number of carbonyl (C=O) groups is 1. The molecule has 1 saturated heterocycles. The lowest BCUT2D eigenvalue weighted by Gasteiger charge is -2.36. The second kappa shape index (κ2) is 7.28. The maximum absolute atomic E-state index is 12.3. The van der Waals surface area contributed by atoms with Crippen LogP contribution in [0.15, 0.2) is 47.2 Å². The van der Waals surface area contributed by atoms with Crippen molar-refractivity contribution in [2.24, 2.45) is 0 Å². The first-order chi connectivity index (χ1) is 13.1. The number of hydrogen-bond acceptors (Lipinski definition) is 6. The zero-order valence-electron chi connectivity index (χ0n) is 15.3. The van der Waals surface area contributed by atoms with Crippen molar-refractivity contribution in [3.63, 3.8) is 0 Å². The average Bonchev–Trinajstić information content (AvgIpc) is 3.10. The normalized spacial score (nSPS) is 14.7. The lowest BCUT2D eigenvalue weighted by atomic mass is 10.0. The van der Waals surface area contributed by atoms with E-state index in [9.17, 15) is 4.79 Å².